The summed E-state index contributed by atoms with van der Waals surface area (Å²) in [5.41, 5.74) is 5.34. The maximum absolute atomic E-state index is 11.8. The van der Waals surface area contributed by atoms with E-state index in [1.54, 1.807) is 0 Å². The van der Waals surface area contributed by atoms with Crippen molar-refractivity contribution in [3.05, 3.63) is 0 Å². The summed E-state index contributed by atoms with van der Waals surface area (Å²) in [4.78, 5) is 1.98. The maximum Gasteiger partial charge on any atom is 0.102 e. The second-order valence-corrected chi connectivity index (χ2v) is 2.60. The van der Waals surface area contributed by atoms with Crippen LogP contribution >= 0.6 is 0 Å². The Kier molecular flexibility index (Phi) is 5.54. The Labute approximate surface area is 62.2 Å². The number of hydrogen-bond acceptors (Lipinski definition) is 2. The van der Waals surface area contributed by atoms with Crippen LogP contribution in [0.3, 0.4) is 0 Å². The van der Waals surface area contributed by atoms with Crippen LogP contribution in [0, 0.1) is 0 Å². The molecule has 0 bridgehead atoms. The smallest absolute Gasteiger partial charge is 0.102 e. The highest BCUT2D eigenvalue weighted by Crippen LogP contribution is 1.98. The molecule has 1 atom stereocenters. The normalized spacial score (nSPS) is 14.1. The lowest BCUT2D eigenvalue weighted by Crippen LogP contribution is -2.32. The molecule has 0 saturated heterocycles. The maximum atomic E-state index is 11.8. The van der Waals surface area contributed by atoms with Crippen molar-refractivity contribution in [1.82, 2.24) is 4.90 Å². The van der Waals surface area contributed by atoms with E-state index in [1.165, 1.54) is 0 Å². The minimum Gasteiger partial charge on any atom is -0.330 e. The molecule has 3 heteroatoms. The molecule has 0 saturated carbocycles. The molecular formula is C7H17FN2. The third kappa shape index (κ3) is 3.80. The van der Waals surface area contributed by atoms with Crippen molar-refractivity contribution in [3.63, 3.8) is 0 Å². The summed E-state index contributed by atoms with van der Waals surface area (Å²) in [6.45, 7) is 2.98. The fraction of sp³-hybridized carbons (Fsp3) is 1.00. The van der Waals surface area contributed by atoms with E-state index in [-0.39, 0.29) is 6.67 Å². The highest BCUT2D eigenvalue weighted by Gasteiger charge is 2.06. The lowest BCUT2D eigenvalue weighted by molar-refractivity contribution is 0.227. The second-order valence-electron chi connectivity index (χ2n) is 2.60. The molecule has 0 radical (unpaired) electrons. The molecule has 0 aliphatic heterocycles. The molecule has 0 aromatic rings. The molecule has 0 aromatic heterocycles. The van der Waals surface area contributed by atoms with Crippen LogP contribution in [0.4, 0.5) is 4.39 Å². The van der Waals surface area contributed by atoms with Gasteiger partial charge in [-0.05, 0) is 26.9 Å². The molecule has 0 aromatic carbocycles. The molecule has 0 aliphatic rings. The van der Waals surface area contributed by atoms with Crippen molar-refractivity contribution < 1.29 is 4.39 Å². The quantitative estimate of drug-likeness (QED) is 0.619. The summed E-state index contributed by atoms with van der Waals surface area (Å²) in [5.74, 6) is 0. The lowest BCUT2D eigenvalue weighted by atomic mass is 10.2. The van der Waals surface area contributed by atoms with Crippen LogP contribution in [0.5, 0.6) is 0 Å². The standard InChI is InChI=1S/C7H17FN2/c1-7(3-5-9)10(2)6-4-8/h7H,3-6,9H2,1-2H3. The Bertz CT molecular complexity index is 68.0. The summed E-state index contributed by atoms with van der Waals surface area (Å²) >= 11 is 0. The van der Waals surface area contributed by atoms with Crippen molar-refractivity contribution >= 4 is 0 Å². The Morgan fingerprint density at radius 1 is 1.60 bits per heavy atom. The third-order valence-electron chi connectivity index (χ3n) is 1.77. The summed E-state index contributed by atoms with van der Waals surface area (Å²) in [5, 5.41) is 0. The van der Waals surface area contributed by atoms with Crippen LogP contribution in [-0.4, -0.2) is 37.8 Å². The van der Waals surface area contributed by atoms with Gasteiger partial charge in [-0.15, -0.1) is 0 Å². The Hall–Kier alpha value is -0.150. The van der Waals surface area contributed by atoms with Crippen LogP contribution in [0.15, 0.2) is 0 Å². The van der Waals surface area contributed by atoms with Crippen LogP contribution in [0.2, 0.25) is 0 Å². The van der Waals surface area contributed by atoms with Crippen LogP contribution in [0.25, 0.3) is 0 Å². The molecule has 0 fully saturated rings. The van der Waals surface area contributed by atoms with Gasteiger partial charge in [0.05, 0.1) is 0 Å². The molecule has 0 amide bonds. The van der Waals surface area contributed by atoms with Crippen molar-refractivity contribution in [1.29, 1.82) is 0 Å². The van der Waals surface area contributed by atoms with Gasteiger partial charge in [0.1, 0.15) is 6.67 Å². The molecule has 1 unspecified atom stereocenters. The second kappa shape index (κ2) is 5.62. The van der Waals surface area contributed by atoms with Crippen LogP contribution in [-0.2, 0) is 0 Å². The Morgan fingerprint density at radius 3 is 2.60 bits per heavy atom. The predicted octanol–water partition coefficient (Wildman–Crippen LogP) is 0.625. The van der Waals surface area contributed by atoms with Crippen LogP contribution < -0.4 is 5.73 Å². The topological polar surface area (TPSA) is 29.3 Å². The number of halogens is 1. The zero-order chi connectivity index (χ0) is 7.98. The van der Waals surface area contributed by atoms with Crippen molar-refractivity contribution in [2.75, 3.05) is 26.8 Å². The summed E-state index contributed by atoms with van der Waals surface area (Å²) in [7, 11) is 1.92. The first-order valence-corrected chi connectivity index (χ1v) is 3.68. The zero-order valence-electron chi connectivity index (χ0n) is 6.81. The van der Waals surface area contributed by atoms with E-state index in [4.69, 9.17) is 5.73 Å². The number of nitrogens with two attached hydrogens (primary N) is 1. The molecule has 0 heterocycles. The first-order chi connectivity index (χ1) is 4.72. The van der Waals surface area contributed by atoms with Gasteiger partial charge in [-0.1, -0.05) is 0 Å². The van der Waals surface area contributed by atoms with Gasteiger partial charge < -0.3 is 10.6 Å². The molecule has 2 nitrogen and oxygen atoms in total. The van der Waals surface area contributed by atoms with Gasteiger partial charge in [-0.25, -0.2) is 4.39 Å². The molecule has 10 heavy (non-hydrogen) atoms. The average molecular weight is 148 g/mol. The van der Waals surface area contributed by atoms with Gasteiger partial charge in [0.2, 0.25) is 0 Å². The van der Waals surface area contributed by atoms with E-state index in [1.807, 2.05) is 11.9 Å². The SMILES string of the molecule is CC(CCN)N(C)CCF. The molecule has 0 rings (SSSR count). The predicted molar refractivity (Wildman–Crippen MR) is 41.7 cm³/mol. The van der Waals surface area contributed by atoms with E-state index in [2.05, 4.69) is 6.92 Å². The average Bonchev–Trinajstić information content (AvgIpc) is 1.89. The number of hydrogen-bond donors (Lipinski definition) is 1. The lowest BCUT2D eigenvalue weighted by Gasteiger charge is -2.22. The summed E-state index contributed by atoms with van der Waals surface area (Å²) in [6, 6.07) is 0.403. The molecule has 62 valence electrons. The first kappa shape index (κ1) is 9.85. The van der Waals surface area contributed by atoms with Gasteiger partial charge in [-0.2, -0.15) is 0 Å². The Morgan fingerprint density at radius 2 is 2.20 bits per heavy atom. The first-order valence-electron chi connectivity index (χ1n) is 3.68. The van der Waals surface area contributed by atoms with Crippen LogP contribution in [0.1, 0.15) is 13.3 Å². The van der Waals surface area contributed by atoms with Crippen molar-refractivity contribution in [2.24, 2.45) is 5.73 Å². The minimum atomic E-state index is -0.272. The highest BCUT2D eigenvalue weighted by molar-refractivity contribution is 4.62. The molecular weight excluding hydrogens is 131 g/mol. The van der Waals surface area contributed by atoms with Gasteiger partial charge in [0.25, 0.3) is 0 Å². The fourth-order valence-corrected chi connectivity index (χ4v) is 0.815. The largest absolute Gasteiger partial charge is 0.330 e. The number of nitrogens with zero attached hydrogens (tertiary/aromatic N) is 1. The minimum absolute atomic E-state index is 0.272. The van der Waals surface area contributed by atoms with Gasteiger partial charge in [0.15, 0.2) is 0 Å². The number of rotatable bonds is 5. The molecule has 2 N–H and O–H groups in total. The summed E-state index contributed by atoms with van der Waals surface area (Å²) in [6.07, 6.45) is 0.941. The van der Waals surface area contributed by atoms with Crippen molar-refractivity contribution in [3.8, 4) is 0 Å². The fourth-order valence-electron chi connectivity index (χ4n) is 0.815. The Balaban J connectivity index is 3.38. The monoisotopic (exact) mass is 148 g/mol. The molecule has 0 spiro atoms. The van der Waals surface area contributed by atoms with E-state index in [0.717, 1.165) is 6.42 Å². The van der Waals surface area contributed by atoms with E-state index in [9.17, 15) is 4.39 Å². The van der Waals surface area contributed by atoms with Gasteiger partial charge in [0, 0.05) is 12.6 Å². The van der Waals surface area contributed by atoms with Gasteiger partial charge >= 0.3 is 0 Å². The number of alkyl halides is 1. The van der Waals surface area contributed by atoms with Gasteiger partial charge in [-0.3, -0.25) is 0 Å². The summed E-state index contributed by atoms with van der Waals surface area (Å²) < 4.78 is 11.8. The van der Waals surface area contributed by atoms with E-state index >= 15 is 0 Å². The zero-order valence-corrected chi connectivity index (χ0v) is 6.81. The van der Waals surface area contributed by atoms with E-state index in [0.29, 0.717) is 19.1 Å². The highest BCUT2D eigenvalue weighted by atomic mass is 19.1. The van der Waals surface area contributed by atoms with E-state index < -0.39 is 0 Å². The van der Waals surface area contributed by atoms with Crippen molar-refractivity contribution in [2.45, 2.75) is 19.4 Å². The molecule has 0 aliphatic carbocycles. The third-order valence-corrected chi connectivity index (χ3v) is 1.77.